The average molecular weight is 227 g/mol. The van der Waals surface area contributed by atoms with Crippen LogP contribution in [0.15, 0.2) is 24.4 Å². The summed E-state index contributed by atoms with van der Waals surface area (Å²) in [6.07, 6.45) is 1.80. The summed E-state index contributed by atoms with van der Waals surface area (Å²) in [5, 5.41) is 6.93. The summed E-state index contributed by atoms with van der Waals surface area (Å²) in [6, 6.07) is 6.10. The van der Waals surface area contributed by atoms with Gasteiger partial charge in [-0.25, -0.2) is 4.98 Å². The maximum Gasteiger partial charge on any atom is 0.104 e. The molecule has 0 atom stereocenters. The molecule has 3 aromatic rings. The Labute approximate surface area is 98.1 Å². The van der Waals surface area contributed by atoms with Crippen LogP contribution in [0.25, 0.3) is 22.2 Å². The standard InChI is InChI=1S/C12H13N5/c1-7-15-10-3-2-8(4-11(10)16-7)9-6-14-17-12(9)5-13/h2-4,6H,5,13H2,1H3,(H,14,17)(H,15,16). The molecule has 5 nitrogen and oxygen atoms in total. The van der Waals surface area contributed by atoms with Crippen molar-refractivity contribution in [1.29, 1.82) is 0 Å². The van der Waals surface area contributed by atoms with Crippen LogP contribution in [0.3, 0.4) is 0 Å². The number of aryl methyl sites for hydroxylation is 1. The molecule has 0 aliphatic carbocycles. The molecule has 1 aromatic carbocycles. The van der Waals surface area contributed by atoms with Gasteiger partial charge >= 0.3 is 0 Å². The second-order valence-corrected chi connectivity index (χ2v) is 4.02. The molecule has 0 spiro atoms. The van der Waals surface area contributed by atoms with Crippen LogP contribution in [-0.2, 0) is 6.54 Å². The van der Waals surface area contributed by atoms with E-state index in [9.17, 15) is 0 Å². The van der Waals surface area contributed by atoms with Crippen molar-refractivity contribution in [3.05, 3.63) is 35.9 Å². The summed E-state index contributed by atoms with van der Waals surface area (Å²) < 4.78 is 0. The Balaban J connectivity index is 2.17. The third kappa shape index (κ3) is 1.60. The lowest BCUT2D eigenvalue weighted by molar-refractivity contribution is 0.948. The Morgan fingerprint density at radius 3 is 3.06 bits per heavy atom. The molecule has 0 unspecified atom stereocenters. The molecule has 0 radical (unpaired) electrons. The number of hydrogen-bond donors (Lipinski definition) is 3. The van der Waals surface area contributed by atoms with Gasteiger partial charge in [-0.05, 0) is 24.6 Å². The van der Waals surface area contributed by atoms with Gasteiger partial charge in [0.1, 0.15) is 5.82 Å². The van der Waals surface area contributed by atoms with E-state index in [0.29, 0.717) is 6.54 Å². The second kappa shape index (κ2) is 3.71. The molecular weight excluding hydrogens is 214 g/mol. The lowest BCUT2D eigenvalue weighted by atomic mass is 10.1. The van der Waals surface area contributed by atoms with E-state index in [-0.39, 0.29) is 0 Å². The minimum Gasteiger partial charge on any atom is -0.342 e. The topological polar surface area (TPSA) is 83.4 Å². The normalized spacial score (nSPS) is 11.2. The van der Waals surface area contributed by atoms with Crippen LogP contribution in [0.2, 0.25) is 0 Å². The monoisotopic (exact) mass is 227 g/mol. The average Bonchev–Trinajstić information content (AvgIpc) is 2.91. The molecule has 4 N–H and O–H groups in total. The Bertz CT molecular complexity index is 664. The molecule has 2 heterocycles. The van der Waals surface area contributed by atoms with E-state index < -0.39 is 0 Å². The molecule has 0 aliphatic heterocycles. The molecule has 0 aliphatic rings. The van der Waals surface area contributed by atoms with Gasteiger partial charge in [-0.1, -0.05) is 6.07 Å². The lowest BCUT2D eigenvalue weighted by Crippen LogP contribution is -1.98. The van der Waals surface area contributed by atoms with Gasteiger partial charge in [0.25, 0.3) is 0 Å². The van der Waals surface area contributed by atoms with Crippen molar-refractivity contribution < 1.29 is 0 Å². The molecule has 0 fully saturated rings. The first-order chi connectivity index (χ1) is 8.28. The molecule has 3 rings (SSSR count). The van der Waals surface area contributed by atoms with Crippen molar-refractivity contribution in [1.82, 2.24) is 20.2 Å². The summed E-state index contributed by atoms with van der Waals surface area (Å²) >= 11 is 0. The summed E-state index contributed by atoms with van der Waals surface area (Å²) in [5.41, 5.74) is 10.7. The smallest absolute Gasteiger partial charge is 0.104 e. The van der Waals surface area contributed by atoms with Crippen molar-refractivity contribution >= 4 is 11.0 Å². The maximum absolute atomic E-state index is 5.66. The minimum absolute atomic E-state index is 0.454. The van der Waals surface area contributed by atoms with Crippen molar-refractivity contribution in [2.24, 2.45) is 5.73 Å². The third-order valence-electron chi connectivity index (χ3n) is 2.83. The lowest BCUT2D eigenvalue weighted by Gasteiger charge is -2.00. The summed E-state index contributed by atoms with van der Waals surface area (Å²) in [6.45, 7) is 2.40. The Kier molecular flexibility index (Phi) is 2.19. The molecule has 2 aromatic heterocycles. The van der Waals surface area contributed by atoms with Gasteiger partial charge in [0.2, 0.25) is 0 Å². The number of fused-ring (bicyclic) bond motifs is 1. The van der Waals surface area contributed by atoms with Crippen LogP contribution >= 0.6 is 0 Å². The van der Waals surface area contributed by atoms with E-state index in [2.05, 4.69) is 26.2 Å². The van der Waals surface area contributed by atoms with Gasteiger partial charge in [-0.3, -0.25) is 5.10 Å². The predicted molar refractivity (Wildman–Crippen MR) is 66.3 cm³/mol. The van der Waals surface area contributed by atoms with E-state index in [4.69, 9.17) is 5.73 Å². The molecule has 0 amide bonds. The van der Waals surface area contributed by atoms with Crippen LogP contribution in [0.5, 0.6) is 0 Å². The number of aromatic amines is 2. The quantitative estimate of drug-likeness (QED) is 0.623. The zero-order valence-electron chi connectivity index (χ0n) is 9.49. The van der Waals surface area contributed by atoms with E-state index >= 15 is 0 Å². The van der Waals surface area contributed by atoms with E-state index in [1.54, 1.807) is 6.20 Å². The second-order valence-electron chi connectivity index (χ2n) is 4.02. The van der Waals surface area contributed by atoms with Crippen LogP contribution in [0, 0.1) is 6.92 Å². The van der Waals surface area contributed by atoms with Crippen molar-refractivity contribution in [3.63, 3.8) is 0 Å². The SMILES string of the molecule is Cc1nc2ccc(-c3cn[nH]c3CN)cc2[nH]1. The number of benzene rings is 1. The number of nitrogens with one attached hydrogen (secondary N) is 2. The summed E-state index contributed by atoms with van der Waals surface area (Å²) in [5.74, 6) is 0.920. The highest BCUT2D eigenvalue weighted by Gasteiger charge is 2.08. The molecular formula is C12H13N5. The highest BCUT2D eigenvalue weighted by Crippen LogP contribution is 2.25. The minimum atomic E-state index is 0.454. The predicted octanol–water partition coefficient (Wildman–Crippen LogP) is 1.72. The Morgan fingerprint density at radius 1 is 1.35 bits per heavy atom. The molecule has 86 valence electrons. The van der Waals surface area contributed by atoms with Crippen molar-refractivity contribution in [2.75, 3.05) is 0 Å². The van der Waals surface area contributed by atoms with E-state index in [0.717, 1.165) is 33.7 Å². The fraction of sp³-hybridized carbons (Fsp3) is 0.167. The van der Waals surface area contributed by atoms with Gasteiger partial charge in [0, 0.05) is 12.1 Å². The number of H-pyrrole nitrogens is 2. The fourth-order valence-corrected chi connectivity index (χ4v) is 2.02. The van der Waals surface area contributed by atoms with Crippen molar-refractivity contribution in [3.8, 4) is 11.1 Å². The maximum atomic E-state index is 5.66. The highest BCUT2D eigenvalue weighted by molar-refractivity contribution is 5.82. The fourth-order valence-electron chi connectivity index (χ4n) is 2.02. The van der Waals surface area contributed by atoms with Crippen molar-refractivity contribution in [2.45, 2.75) is 13.5 Å². The van der Waals surface area contributed by atoms with Crippen LogP contribution < -0.4 is 5.73 Å². The molecule has 0 bridgehead atoms. The van der Waals surface area contributed by atoms with E-state index in [1.165, 1.54) is 0 Å². The van der Waals surface area contributed by atoms with E-state index in [1.807, 2.05) is 19.1 Å². The number of imidazole rings is 1. The first kappa shape index (κ1) is 10.0. The molecule has 0 saturated heterocycles. The van der Waals surface area contributed by atoms with Crippen LogP contribution in [0.1, 0.15) is 11.5 Å². The first-order valence-corrected chi connectivity index (χ1v) is 5.47. The largest absolute Gasteiger partial charge is 0.342 e. The van der Waals surface area contributed by atoms with Gasteiger partial charge in [-0.15, -0.1) is 0 Å². The first-order valence-electron chi connectivity index (χ1n) is 5.47. The van der Waals surface area contributed by atoms with Gasteiger partial charge < -0.3 is 10.7 Å². The number of nitrogens with two attached hydrogens (primary N) is 1. The van der Waals surface area contributed by atoms with Gasteiger partial charge in [0.05, 0.1) is 22.9 Å². The Morgan fingerprint density at radius 2 is 2.24 bits per heavy atom. The number of rotatable bonds is 2. The number of hydrogen-bond acceptors (Lipinski definition) is 3. The number of aromatic nitrogens is 4. The highest BCUT2D eigenvalue weighted by atomic mass is 15.1. The zero-order chi connectivity index (χ0) is 11.8. The van der Waals surface area contributed by atoms with Crippen LogP contribution in [0.4, 0.5) is 0 Å². The Hall–Kier alpha value is -2.14. The number of nitrogens with zero attached hydrogens (tertiary/aromatic N) is 2. The zero-order valence-corrected chi connectivity index (χ0v) is 9.49. The molecule has 17 heavy (non-hydrogen) atoms. The summed E-state index contributed by atoms with van der Waals surface area (Å²) in [4.78, 5) is 7.60. The van der Waals surface area contributed by atoms with Gasteiger partial charge in [0.15, 0.2) is 0 Å². The molecule has 0 saturated carbocycles. The molecule has 5 heteroatoms. The van der Waals surface area contributed by atoms with Crippen LogP contribution in [-0.4, -0.2) is 20.2 Å². The van der Waals surface area contributed by atoms with Gasteiger partial charge in [-0.2, -0.15) is 5.10 Å². The summed E-state index contributed by atoms with van der Waals surface area (Å²) in [7, 11) is 0. The third-order valence-corrected chi connectivity index (χ3v) is 2.83.